The zero-order valence-corrected chi connectivity index (χ0v) is 21.4. The molecule has 4 aromatic rings. The summed E-state index contributed by atoms with van der Waals surface area (Å²) in [6.45, 7) is 5.00. The van der Waals surface area contributed by atoms with Gasteiger partial charge in [0.25, 0.3) is 0 Å². The van der Waals surface area contributed by atoms with Gasteiger partial charge < -0.3 is 20.1 Å². The van der Waals surface area contributed by atoms with Crippen LogP contribution in [0.5, 0.6) is 0 Å². The van der Waals surface area contributed by atoms with E-state index in [0.29, 0.717) is 12.0 Å². The lowest BCUT2D eigenvalue weighted by Gasteiger charge is -2.33. The molecule has 36 heavy (non-hydrogen) atoms. The third-order valence-corrected chi connectivity index (χ3v) is 6.87. The second kappa shape index (κ2) is 11.5. The highest BCUT2D eigenvalue weighted by Crippen LogP contribution is 2.25. The first-order chi connectivity index (χ1) is 17.7. The van der Waals surface area contributed by atoms with Gasteiger partial charge in [0, 0.05) is 55.7 Å². The normalized spacial score (nSPS) is 15.0. The third kappa shape index (κ3) is 6.04. The molecule has 7 nitrogen and oxygen atoms in total. The van der Waals surface area contributed by atoms with Gasteiger partial charge in [-0.15, -0.1) is 0 Å². The summed E-state index contributed by atoms with van der Waals surface area (Å²) in [6.07, 6.45) is 7.47. The van der Waals surface area contributed by atoms with Crippen LogP contribution in [0, 0.1) is 0 Å². The Morgan fingerprint density at radius 2 is 1.67 bits per heavy atom. The Kier molecular flexibility index (Phi) is 7.79. The van der Waals surface area contributed by atoms with Crippen molar-refractivity contribution in [3.05, 3.63) is 78.6 Å². The number of piperidine rings is 1. The standard InChI is InChI=1S/C29H37N7/c1-34(2)17-9-16-30-29-32-26-12-5-4-11-25(26)28(33-29)31-24-14-20-35(21-15-24)22-23-10-3-6-13-27(23)36-18-7-8-19-36/h3-8,10-13,18-19,24H,9,14-17,20-22H2,1-2H3,(H2,30,31,32,33). The average molecular weight is 484 g/mol. The van der Waals surface area contributed by atoms with E-state index in [-0.39, 0.29) is 0 Å². The molecular formula is C29H37N7. The van der Waals surface area contributed by atoms with Crippen LogP contribution in [0.2, 0.25) is 0 Å². The van der Waals surface area contributed by atoms with E-state index in [2.05, 4.69) is 106 Å². The van der Waals surface area contributed by atoms with Crippen LogP contribution in [0.3, 0.4) is 0 Å². The molecule has 0 aliphatic carbocycles. The predicted octanol–water partition coefficient (Wildman–Crippen LogP) is 4.86. The van der Waals surface area contributed by atoms with Gasteiger partial charge in [0.05, 0.1) is 5.52 Å². The zero-order chi connectivity index (χ0) is 24.7. The fraction of sp³-hybridized carbons (Fsp3) is 0.379. The minimum absolute atomic E-state index is 0.404. The van der Waals surface area contributed by atoms with Crippen molar-refractivity contribution in [1.29, 1.82) is 0 Å². The van der Waals surface area contributed by atoms with Gasteiger partial charge in [0.15, 0.2) is 0 Å². The van der Waals surface area contributed by atoms with Crippen molar-refractivity contribution in [3.8, 4) is 5.69 Å². The van der Waals surface area contributed by atoms with Gasteiger partial charge in [-0.1, -0.05) is 30.3 Å². The Balaban J connectivity index is 1.22. The second-order valence-corrected chi connectivity index (χ2v) is 9.91. The molecule has 1 aliphatic rings. The van der Waals surface area contributed by atoms with Crippen molar-refractivity contribution in [3.63, 3.8) is 0 Å². The Morgan fingerprint density at radius 3 is 2.47 bits per heavy atom. The van der Waals surface area contributed by atoms with Crippen LogP contribution >= 0.6 is 0 Å². The highest BCUT2D eigenvalue weighted by atomic mass is 15.2. The molecule has 0 atom stereocenters. The molecule has 1 fully saturated rings. The molecule has 1 aliphatic heterocycles. The van der Waals surface area contributed by atoms with E-state index < -0.39 is 0 Å². The first kappa shape index (κ1) is 24.3. The summed E-state index contributed by atoms with van der Waals surface area (Å²) in [6, 6.07) is 21.6. The van der Waals surface area contributed by atoms with Crippen molar-refractivity contribution >= 4 is 22.7 Å². The number of aromatic nitrogens is 3. The number of likely N-dealkylation sites (tertiary alicyclic amines) is 1. The number of hydrogen-bond donors (Lipinski definition) is 2. The lowest BCUT2D eigenvalue weighted by atomic mass is 10.0. The molecule has 7 heteroatoms. The third-order valence-electron chi connectivity index (χ3n) is 6.87. The first-order valence-corrected chi connectivity index (χ1v) is 13.0. The molecule has 0 spiro atoms. The Bertz CT molecular complexity index is 1240. The molecule has 3 heterocycles. The zero-order valence-electron chi connectivity index (χ0n) is 21.4. The number of hydrogen-bond acceptors (Lipinski definition) is 6. The van der Waals surface area contributed by atoms with Crippen LogP contribution in [0.1, 0.15) is 24.8 Å². The van der Waals surface area contributed by atoms with Crippen molar-refractivity contribution in [2.75, 3.05) is 50.9 Å². The number of nitrogens with zero attached hydrogens (tertiary/aromatic N) is 5. The van der Waals surface area contributed by atoms with E-state index in [9.17, 15) is 0 Å². The second-order valence-electron chi connectivity index (χ2n) is 9.91. The summed E-state index contributed by atoms with van der Waals surface area (Å²) in [5.41, 5.74) is 3.61. The molecule has 5 rings (SSSR count). The quantitative estimate of drug-likeness (QED) is 0.314. The maximum absolute atomic E-state index is 4.88. The minimum atomic E-state index is 0.404. The lowest BCUT2D eigenvalue weighted by Crippen LogP contribution is -2.39. The van der Waals surface area contributed by atoms with Gasteiger partial charge in [0.2, 0.25) is 5.95 Å². The SMILES string of the molecule is CN(C)CCCNc1nc(NC2CCN(Cc3ccccc3-n3cccc3)CC2)c2ccccc2n1. The van der Waals surface area contributed by atoms with E-state index in [1.807, 2.05) is 6.07 Å². The average Bonchev–Trinajstić information content (AvgIpc) is 3.43. The fourth-order valence-corrected chi connectivity index (χ4v) is 4.92. The van der Waals surface area contributed by atoms with Gasteiger partial charge in [-0.05, 0) is 75.8 Å². The number of rotatable bonds is 10. The summed E-state index contributed by atoms with van der Waals surface area (Å²) in [4.78, 5) is 14.4. The predicted molar refractivity (Wildman–Crippen MR) is 149 cm³/mol. The van der Waals surface area contributed by atoms with Crippen LogP contribution in [-0.2, 0) is 6.54 Å². The molecule has 0 radical (unpaired) electrons. The molecule has 0 unspecified atom stereocenters. The molecule has 0 bridgehead atoms. The van der Waals surface area contributed by atoms with Crippen molar-refractivity contribution in [2.24, 2.45) is 0 Å². The molecule has 2 aromatic heterocycles. The summed E-state index contributed by atoms with van der Waals surface area (Å²) in [7, 11) is 4.20. The number of fused-ring (bicyclic) bond motifs is 1. The van der Waals surface area contributed by atoms with Crippen LogP contribution in [-0.4, -0.2) is 70.7 Å². The molecule has 2 aromatic carbocycles. The van der Waals surface area contributed by atoms with Crippen molar-refractivity contribution in [1.82, 2.24) is 24.3 Å². The highest BCUT2D eigenvalue weighted by molar-refractivity contribution is 5.90. The minimum Gasteiger partial charge on any atom is -0.367 e. The Labute approximate surface area is 214 Å². The van der Waals surface area contributed by atoms with Gasteiger partial charge >= 0.3 is 0 Å². The van der Waals surface area contributed by atoms with E-state index in [4.69, 9.17) is 9.97 Å². The largest absolute Gasteiger partial charge is 0.367 e. The molecule has 0 saturated carbocycles. The smallest absolute Gasteiger partial charge is 0.225 e. The topological polar surface area (TPSA) is 61.2 Å². The summed E-state index contributed by atoms with van der Waals surface area (Å²) in [5, 5.41) is 8.27. The van der Waals surface area contributed by atoms with Gasteiger partial charge in [-0.3, -0.25) is 4.90 Å². The lowest BCUT2D eigenvalue weighted by molar-refractivity contribution is 0.211. The maximum Gasteiger partial charge on any atom is 0.225 e. The number of benzene rings is 2. The van der Waals surface area contributed by atoms with Gasteiger partial charge in [-0.2, -0.15) is 4.98 Å². The summed E-state index contributed by atoms with van der Waals surface area (Å²) < 4.78 is 2.20. The Morgan fingerprint density at radius 1 is 0.917 bits per heavy atom. The molecule has 1 saturated heterocycles. The number of para-hydroxylation sites is 2. The van der Waals surface area contributed by atoms with Crippen molar-refractivity contribution in [2.45, 2.75) is 31.8 Å². The van der Waals surface area contributed by atoms with Crippen LogP contribution in [0.4, 0.5) is 11.8 Å². The van der Waals surface area contributed by atoms with E-state index in [1.54, 1.807) is 0 Å². The van der Waals surface area contributed by atoms with E-state index >= 15 is 0 Å². The first-order valence-electron chi connectivity index (χ1n) is 13.0. The summed E-state index contributed by atoms with van der Waals surface area (Å²) in [5.74, 6) is 1.64. The molecule has 188 valence electrons. The summed E-state index contributed by atoms with van der Waals surface area (Å²) >= 11 is 0. The number of nitrogens with one attached hydrogen (secondary N) is 2. The van der Waals surface area contributed by atoms with Crippen LogP contribution in [0.15, 0.2) is 73.1 Å². The van der Waals surface area contributed by atoms with E-state index in [1.165, 1.54) is 11.3 Å². The molecule has 0 amide bonds. The molecular weight excluding hydrogens is 446 g/mol. The van der Waals surface area contributed by atoms with Crippen molar-refractivity contribution < 1.29 is 0 Å². The maximum atomic E-state index is 4.88. The molecule has 2 N–H and O–H groups in total. The number of anilines is 2. The fourth-order valence-electron chi connectivity index (χ4n) is 4.92. The monoisotopic (exact) mass is 483 g/mol. The van der Waals surface area contributed by atoms with Gasteiger partial charge in [-0.25, -0.2) is 4.98 Å². The van der Waals surface area contributed by atoms with Crippen LogP contribution < -0.4 is 10.6 Å². The van der Waals surface area contributed by atoms with Crippen LogP contribution in [0.25, 0.3) is 16.6 Å². The highest BCUT2D eigenvalue weighted by Gasteiger charge is 2.21. The van der Waals surface area contributed by atoms with Gasteiger partial charge in [0.1, 0.15) is 5.82 Å². The Hall–Kier alpha value is -3.42. The van der Waals surface area contributed by atoms with E-state index in [0.717, 1.165) is 68.7 Å².